The Labute approximate surface area is 860 Å². The number of carbonyl (C=O) groups is 12. The lowest BCUT2D eigenvalue weighted by atomic mass is 10.1. The molecule has 14 rings (SSSR count). The molecular formula is C104H122Cl4N20O17. The van der Waals surface area contributed by atoms with Gasteiger partial charge in [0, 0.05) is 142 Å². The van der Waals surface area contributed by atoms with E-state index in [1.807, 2.05) is 66.7 Å². The topological polar surface area (TPSA) is 511 Å². The van der Waals surface area contributed by atoms with Crippen molar-refractivity contribution in [3.05, 3.63) is 246 Å². The highest BCUT2D eigenvalue weighted by atomic mass is 35.5. The van der Waals surface area contributed by atoms with Crippen molar-refractivity contribution in [1.82, 2.24) is 61.1 Å². The van der Waals surface area contributed by atoms with Crippen LogP contribution in [0.25, 0.3) is 0 Å². The van der Waals surface area contributed by atoms with Gasteiger partial charge in [-0.2, -0.15) is 0 Å². The van der Waals surface area contributed by atoms with E-state index in [2.05, 4.69) is 89.3 Å². The Balaban J connectivity index is 0.000000184. The van der Waals surface area contributed by atoms with Crippen LogP contribution in [0.1, 0.15) is 231 Å². The van der Waals surface area contributed by atoms with Crippen LogP contribution in [-0.4, -0.2) is 210 Å². The van der Waals surface area contributed by atoms with Gasteiger partial charge in [0.25, 0.3) is 11.8 Å². The van der Waals surface area contributed by atoms with Gasteiger partial charge in [0.15, 0.2) is 5.76 Å². The number of carboxylic acids is 4. The summed E-state index contributed by atoms with van der Waals surface area (Å²) in [6.45, 7) is 3.63. The summed E-state index contributed by atoms with van der Waals surface area (Å²) in [5.41, 5.74) is 7.77. The first kappa shape index (κ1) is 111. The quantitative estimate of drug-likeness (QED) is 0.0125. The Morgan fingerprint density at radius 2 is 0.614 bits per heavy atom. The first-order chi connectivity index (χ1) is 69.5. The van der Waals surface area contributed by atoms with Crippen molar-refractivity contribution in [1.29, 1.82) is 0 Å². The van der Waals surface area contributed by atoms with Crippen molar-refractivity contribution in [2.75, 3.05) is 95.2 Å². The molecule has 37 nitrogen and oxygen atoms in total. The van der Waals surface area contributed by atoms with Crippen LogP contribution in [0.15, 0.2) is 150 Å². The molecule has 0 bridgehead atoms. The van der Waals surface area contributed by atoms with Crippen LogP contribution in [0.2, 0.25) is 20.6 Å². The van der Waals surface area contributed by atoms with Gasteiger partial charge in [-0.1, -0.05) is 184 Å². The van der Waals surface area contributed by atoms with Gasteiger partial charge in [-0.25, -0.2) is 39.9 Å². The molecule has 0 spiro atoms. The molecule has 4 saturated carbocycles. The number of amides is 8. The monoisotopic (exact) mass is 2060 g/mol. The number of hydrogen-bond acceptors (Lipinski definition) is 25. The van der Waals surface area contributed by atoms with Crippen LogP contribution in [0.4, 0.5) is 46.0 Å². The molecule has 12 N–H and O–H groups in total. The minimum Gasteiger partial charge on any atom is -0.481 e. The van der Waals surface area contributed by atoms with Crippen molar-refractivity contribution in [3.63, 3.8) is 0 Å². The Morgan fingerprint density at radius 1 is 0.338 bits per heavy atom. The molecule has 0 radical (unpaired) electrons. The molecule has 4 aliphatic carbocycles. The number of anilines is 8. The third kappa shape index (κ3) is 36.2. The molecule has 10 aromatic rings. The van der Waals surface area contributed by atoms with Gasteiger partial charge < -0.3 is 87.0 Å². The van der Waals surface area contributed by atoms with Gasteiger partial charge in [-0.05, 0) is 153 Å². The summed E-state index contributed by atoms with van der Waals surface area (Å²) in [6.07, 6.45) is 21.5. The number of rotatable bonds is 42. The van der Waals surface area contributed by atoms with Gasteiger partial charge in [0.05, 0.1) is 58.1 Å². The maximum absolute atomic E-state index is 12.6. The number of nitrogens with zero attached hydrogens (tertiary/aromatic N) is 12. The second-order valence-corrected chi connectivity index (χ2v) is 37.7. The van der Waals surface area contributed by atoms with E-state index in [0.717, 1.165) is 150 Å². The zero-order valence-corrected chi connectivity index (χ0v) is 84.8. The van der Waals surface area contributed by atoms with E-state index in [0.29, 0.717) is 101 Å². The van der Waals surface area contributed by atoms with Crippen molar-refractivity contribution in [3.8, 4) is 0 Å². The number of aliphatic carboxylic acids is 4. The van der Waals surface area contributed by atoms with Gasteiger partial charge in [-0.3, -0.25) is 57.5 Å². The van der Waals surface area contributed by atoms with Crippen molar-refractivity contribution in [2.45, 2.75) is 218 Å². The first-order valence-electron chi connectivity index (χ1n) is 48.3. The van der Waals surface area contributed by atoms with Crippen LogP contribution in [-0.2, 0) is 99.3 Å². The molecular weight excluding hydrogens is 1940 g/mol. The summed E-state index contributed by atoms with van der Waals surface area (Å²) >= 11 is 25.6. The summed E-state index contributed by atoms with van der Waals surface area (Å²) in [4.78, 5) is 186. The number of nitrogens with one attached hydrogen (secondary N) is 8. The second-order valence-electron chi connectivity index (χ2n) is 36.3. The average molecular weight is 2070 g/mol. The Kier molecular flexibility index (Phi) is 42.5. The molecule has 4 aliphatic rings. The van der Waals surface area contributed by atoms with Gasteiger partial charge in [-0.15, -0.1) is 0 Å². The van der Waals surface area contributed by atoms with Gasteiger partial charge in [0.2, 0.25) is 35.4 Å². The summed E-state index contributed by atoms with van der Waals surface area (Å²) in [7, 11) is 6.75. The van der Waals surface area contributed by atoms with Crippen molar-refractivity contribution < 1.29 is 82.4 Å². The van der Waals surface area contributed by atoms with Gasteiger partial charge in [0.1, 0.15) is 67.2 Å². The summed E-state index contributed by atoms with van der Waals surface area (Å²) < 4.78 is 5.10. The van der Waals surface area contributed by atoms with Crippen LogP contribution >= 0.6 is 46.4 Å². The molecule has 0 unspecified atom stereocenters. The minimum atomic E-state index is -1.07. The lowest BCUT2D eigenvalue weighted by Gasteiger charge is -2.22. The maximum Gasteiger partial charge on any atom is 0.308 e. The van der Waals surface area contributed by atoms with E-state index in [1.165, 1.54) is 13.2 Å². The molecule has 5 aromatic carbocycles. The molecule has 4 fully saturated rings. The smallest absolute Gasteiger partial charge is 0.308 e. The van der Waals surface area contributed by atoms with Crippen molar-refractivity contribution in [2.24, 2.45) is 0 Å². The zero-order chi connectivity index (χ0) is 104. The van der Waals surface area contributed by atoms with Gasteiger partial charge >= 0.3 is 23.9 Å². The number of carbonyl (C=O) groups excluding carboxylic acids is 8. The van der Waals surface area contributed by atoms with E-state index < -0.39 is 23.9 Å². The number of halogens is 4. The third-order valence-electron chi connectivity index (χ3n) is 24.3. The van der Waals surface area contributed by atoms with Crippen molar-refractivity contribution >= 4 is 164 Å². The first-order valence-corrected chi connectivity index (χ1v) is 49.8. The number of benzene rings is 5. The molecule has 0 atom stereocenters. The standard InChI is InChI=1S/C28H30ClN5O4.C27H36ClN5O4.C26H28ClN5O5.C23H28ClN5O4/c1-34(17-24(35)30-20-9-5-6-10-20)27-22(16-25(36)37)26(29)32-23(33-27)15-18-11-13-21(14-12-18)31-28(38)19-7-3-2-4-8-19;1-3-4-5-10-23(34)29-20-13-11-18(12-14-20)15-22-31-26(28)21(16-25(36)37)27(32-22)33(2)17-24(35)30-19-8-6-7-9-19;1-32(15-22(33)28-17-5-2-3-6-17)25-19(14-23(34)35)24(27)30-21(31-25)13-16-8-10-18(11-9-16)29-26(36)20-7-4-12-37-20;1-14(30)25-17-9-7-15(8-10-17)11-19-27-22(24)18(12-21(32)33)23(28-19)29(2)13-20(31)26-16-5-3-4-6-16/h2-4,7-8,11-14,20H,5-6,9-10,15-17H2,1H3,(H,30,35)(H,31,38)(H,36,37);11-14,19H,3-10,15-17H2,1-2H3,(H,29,34)(H,30,35)(H,36,37);4,7-12,17H,2-3,5-6,13-15H2,1H3,(H,28,33)(H,29,36)(H,34,35);7-10,16H,3-6,11-13H2,1-2H3,(H,25,30)(H,26,31)(H,32,33). The number of carboxylic acid groups (broad SMARTS) is 4. The molecule has 41 heteroatoms. The predicted octanol–water partition coefficient (Wildman–Crippen LogP) is 14.9. The number of aromatic nitrogens is 8. The predicted molar refractivity (Wildman–Crippen MR) is 553 cm³/mol. The zero-order valence-electron chi connectivity index (χ0n) is 81.8. The molecule has 0 aliphatic heterocycles. The van der Waals surface area contributed by atoms with E-state index >= 15 is 0 Å². The summed E-state index contributed by atoms with van der Waals surface area (Å²) in [6, 6.07) is 41.9. The third-order valence-corrected chi connectivity index (χ3v) is 25.5. The summed E-state index contributed by atoms with van der Waals surface area (Å²) in [5, 5.41) is 61.0. The van der Waals surface area contributed by atoms with Crippen LogP contribution in [0, 0.1) is 0 Å². The molecule has 0 saturated heterocycles. The van der Waals surface area contributed by atoms with E-state index in [1.54, 1.807) is 121 Å². The van der Waals surface area contributed by atoms with Crippen LogP contribution in [0.5, 0.6) is 0 Å². The van der Waals surface area contributed by atoms with E-state index in [-0.39, 0.29) is 172 Å². The fourth-order valence-electron chi connectivity index (χ4n) is 17.2. The van der Waals surface area contributed by atoms with E-state index in [4.69, 9.17) is 50.8 Å². The average Bonchev–Trinajstić information content (AvgIpc) is 1.30. The Morgan fingerprint density at radius 3 is 0.876 bits per heavy atom. The lowest BCUT2D eigenvalue weighted by molar-refractivity contribution is -0.137. The SMILES string of the molecule is CC(=O)Nc1ccc(Cc2nc(Cl)c(CC(=O)O)c(N(C)CC(=O)NC3CCCC3)n2)cc1.CCCCCC(=O)Nc1ccc(Cc2nc(Cl)c(CC(=O)O)c(N(C)CC(=O)NC3CCCC3)n2)cc1.CN(CC(=O)NC1CCCC1)c1nc(Cc2ccc(NC(=O)c3ccccc3)cc2)nc(Cl)c1CC(=O)O.CN(CC(=O)NC1CCCC1)c1nc(Cc2ccc(NC(=O)c3ccco3)cc2)nc(Cl)c1CC(=O)O. The number of likely N-dealkylation sites (N-methyl/N-ethyl adjacent to an activating group) is 4. The largest absolute Gasteiger partial charge is 0.481 e. The molecule has 768 valence electrons. The second kappa shape index (κ2) is 55.5. The minimum absolute atomic E-state index is 0.00465. The van der Waals surface area contributed by atoms with Crippen LogP contribution < -0.4 is 62.1 Å². The van der Waals surface area contributed by atoms with Crippen LogP contribution in [0.3, 0.4) is 0 Å². The maximum atomic E-state index is 12.6. The fourth-order valence-corrected chi connectivity index (χ4v) is 18.2. The highest BCUT2D eigenvalue weighted by molar-refractivity contribution is 6.32. The molecule has 145 heavy (non-hydrogen) atoms. The molecule has 5 heterocycles. The number of furan rings is 1. The number of unbranched alkanes of at least 4 members (excludes halogenated alkanes) is 2. The highest BCUT2D eigenvalue weighted by Crippen LogP contribution is 2.33. The Bertz CT molecular complexity index is 6130. The lowest BCUT2D eigenvalue weighted by Crippen LogP contribution is -2.40. The normalized spacial score (nSPS) is 13.4. The number of hydrogen-bond donors (Lipinski definition) is 12. The highest BCUT2D eigenvalue weighted by Gasteiger charge is 2.30. The fraction of sp³-hybridized carbons (Fsp3) is 0.404. The molecule has 5 aromatic heterocycles. The summed E-state index contributed by atoms with van der Waals surface area (Å²) in [5.74, 6) is -2.50. The Hall–Kier alpha value is -14.3. The van der Waals surface area contributed by atoms with E-state index in [9.17, 15) is 78.0 Å². The molecule has 8 amide bonds.